The minimum atomic E-state index is -2.89. The molecule has 15 heavy (non-hydrogen) atoms. The van der Waals surface area contributed by atoms with E-state index in [2.05, 4.69) is 0 Å². The SMILES string of the molecule is CS(=O)(=O)CCCC(O)CC1CCCO1. The Kier molecular flexibility index (Phi) is 5.02. The second-order valence-electron chi connectivity index (χ2n) is 4.30. The second kappa shape index (κ2) is 5.82. The Morgan fingerprint density at radius 1 is 1.53 bits per heavy atom. The van der Waals surface area contributed by atoms with Gasteiger partial charge in [0.2, 0.25) is 0 Å². The maximum Gasteiger partial charge on any atom is 0.147 e. The van der Waals surface area contributed by atoms with Crippen LogP contribution in [0.1, 0.15) is 32.1 Å². The van der Waals surface area contributed by atoms with Crippen LogP contribution in [-0.2, 0) is 14.6 Å². The molecule has 0 aromatic rings. The molecule has 0 aromatic heterocycles. The van der Waals surface area contributed by atoms with Crippen LogP contribution in [0.15, 0.2) is 0 Å². The lowest BCUT2D eigenvalue weighted by Crippen LogP contribution is -2.18. The van der Waals surface area contributed by atoms with Crippen LogP contribution < -0.4 is 0 Å². The Morgan fingerprint density at radius 3 is 2.80 bits per heavy atom. The molecule has 90 valence electrons. The van der Waals surface area contributed by atoms with Crippen molar-refractivity contribution in [1.82, 2.24) is 0 Å². The highest BCUT2D eigenvalue weighted by molar-refractivity contribution is 7.90. The number of sulfone groups is 1. The molecule has 0 saturated carbocycles. The average Bonchev–Trinajstić information content (AvgIpc) is 2.54. The largest absolute Gasteiger partial charge is 0.393 e. The Hall–Kier alpha value is -0.130. The van der Waals surface area contributed by atoms with Crippen molar-refractivity contribution in [2.45, 2.75) is 44.3 Å². The highest BCUT2D eigenvalue weighted by atomic mass is 32.2. The zero-order valence-corrected chi connectivity index (χ0v) is 10.0. The number of aliphatic hydroxyl groups excluding tert-OH is 1. The third-order valence-corrected chi connectivity index (χ3v) is 3.64. The van der Waals surface area contributed by atoms with Gasteiger partial charge in [-0.15, -0.1) is 0 Å². The first-order valence-electron chi connectivity index (χ1n) is 5.45. The van der Waals surface area contributed by atoms with E-state index in [1.807, 2.05) is 0 Å². The van der Waals surface area contributed by atoms with Crippen molar-refractivity contribution in [1.29, 1.82) is 0 Å². The summed E-state index contributed by atoms with van der Waals surface area (Å²) >= 11 is 0. The van der Waals surface area contributed by atoms with Crippen LogP contribution in [0.25, 0.3) is 0 Å². The van der Waals surface area contributed by atoms with Gasteiger partial charge in [-0.2, -0.15) is 0 Å². The normalized spacial score (nSPS) is 24.3. The topological polar surface area (TPSA) is 63.6 Å². The molecular formula is C10H20O4S. The summed E-state index contributed by atoms with van der Waals surface area (Å²) in [6.45, 7) is 0.792. The third-order valence-electron chi connectivity index (χ3n) is 2.61. The smallest absolute Gasteiger partial charge is 0.147 e. The molecular weight excluding hydrogens is 216 g/mol. The minimum Gasteiger partial charge on any atom is -0.393 e. The Labute approximate surface area is 91.6 Å². The highest BCUT2D eigenvalue weighted by Crippen LogP contribution is 2.18. The van der Waals surface area contributed by atoms with Gasteiger partial charge in [0.05, 0.1) is 12.2 Å². The summed E-state index contributed by atoms with van der Waals surface area (Å²) in [5, 5.41) is 9.63. The predicted octanol–water partition coefficient (Wildman–Crippen LogP) is 0.741. The van der Waals surface area contributed by atoms with Crippen molar-refractivity contribution in [3.8, 4) is 0 Å². The summed E-state index contributed by atoms with van der Waals surface area (Å²) in [7, 11) is -2.89. The first-order valence-corrected chi connectivity index (χ1v) is 7.51. The van der Waals surface area contributed by atoms with Crippen molar-refractivity contribution in [3.05, 3.63) is 0 Å². The lowest BCUT2D eigenvalue weighted by Gasteiger charge is -2.14. The molecule has 2 atom stereocenters. The Morgan fingerprint density at radius 2 is 2.27 bits per heavy atom. The number of aliphatic hydroxyl groups is 1. The summed E-state index contributed by atoms with van der Waals surface area (Å²) in [6.07, 6.45) is 4.79. The first-order chi connectivity index (χ1) is 6.97. The summed E-state index contributed by atoms with van der Waals surface area (Å²) in [5.74, 6) is 0.162. The fraction of sp³-hybridized carbons (Fsp3) is 1.00. The van der Waals surface area contributed by atoms with Crippen molar-refractivity contribution >= 4 is 9.84 Å². The summed E-state index contributed by atoms with van der Waals surface area (Å²) in [5.41, 5.74) is 0. The maximum atomic E-state index is 10.9. The first kappa shape index (κ1) is 12.9. The Balaban J connectivity index is 2.10. The molecule has 1 N–H and O–H groups in total. The minimum absolute atomic E-state index is 0.162. The molecule has 1 fully saturated rings. The summed E-state index contributed by atoms with van der Waals surface area (Å²) in [4.78, 5) is 0. The molecule has 1 rings (SSSR count). The van der Waals surface area contributed by atoms with Gasteiger partial charge in [0.15, 0.2) is 0 Å². The van der Waals surface area contributed by atoms with E-state index in [-0.39, 0.29) is 11.9 Å². The fourth-order valence-electron chi connectivity index (χ4n) is 1.83. The van der Waals surface area contributed by atoms with E-state index in [1.54, 1.807) is 0 Å². The van der Waals surface area contributed by atoms with Crippen LogP contribution in [0.3, 0.4) is 0 Å². The number of hydrogen-bond acceptors (Lipinski definition) is 4. The van der Waals surface area contributed by atoms with E-state index < -0.39 is 15.9 Å². The van der Waals surface area contributed by atoms with Gasteiger partial charge < -0.3 is 9.84 Å². The van der Waals surface area contributed by atoms with Gasteiger partial charge in [0.25, 0.3) is 0 Å². The van der Waals surface area contributed by atoms with E-state index >= 15 is 0 Å². The van der Waals surface area contributed by atoms with Gasteiger partial charge in [-0.25, -0.2) is 8.42 Å². The molecule has 0 aliphatic carbocycles. The van der Waals surface area contributed by atoms with E-state index in [9.17, 15) is 13.5 Å². The zero-order valence-electron chi connectivity index (χ0n) is 9.18. The number of ether oxygens (including phenoxy) is 1. The zero-order chi connectivity index (χ0) is 11.3. The van der Waals surface area contributed by atoms with Gasteiger partial charge in [-0.05, 0) is 32.1 Å². The quantitative estimate of drug-likeness (QED) is 0.739. The predicted molar refractivity (Wildman–Crippen MR) is 58.5 cm³/mol. The van der Waals surface area contributed by atoms with Crippen LogP contribution in [-0.4, -0.2) is 44.3 Å². The van der Waals surface area contributed by atoms with Crippen LogP contribution in [0, 0.1) is 0 Å². The van der Waals surface area contributed by atoms with Crippen LogP contribution in [0.2, 0.25) is 0 Å². The summed E-state index contributed by atoms with van der Waals surface area (Å²) in [6, 6.07) is 0. The van der Waals surface area contributed by atoms with Crippen molar-refractivity contribution in [2.75, 3.05) is 18.6 Å². The maximum absolute atomic E-state index is 10.9. The molecule has 0 amide bonds. The fourth-order valence-corrected chi connectivity index (χ4v) is 2.52. The second-order valence-corrected chi connectivity index (χ2v) is 6.56. The van der Waals surface area contributed by atoms with Gasteiger partial charge in [0, 0.05) is 18.6 Å². The molecule has 0 aromatic carbocycles. The van der Waals surface area contributed by atoms with Gasteiger partial charge >= 0.3 is 0 Å². The highest BCUT2D eigenvalue weighted by Gasteiger charge is 2.19. The number of rotatable bonds is 6. The van der Waals surface area contributed by atoms with Gasteiger partial charge in [-0.3, -0.25) is 0 Å². The molecule has 1 heterocycles. The molecule has 5 heteroatoms. The van der Waals surface area contributed by atoms with Crippen LogP contribution >= 0.6 is 0 Å². The summed E-state index contributed by atoms with van der Waals surface area (Å²) < 4.78 is 27.1. The molecule has 2 unspecified atom stereocenters. The van der Waals surface area contributed by atoms with Crippen LogP contribution in [0.5, 0.6) is 0 Å². The lowest BCUT2D eigenvalue weighted by molar-refractivity contribution is 0.0505. The standard InChI is InChI=1S/C10H20O4S/c1-15(12,13)7-3-4-9(11)8-10-5-2-6-14-10/h9-11H,2-8H2,1H3. The Bertz CT molecular complexity index is 267. The molecule has 1 aliphatic rings. The van der Waals surface area contributed by atoms with Gasteiger partial charge in [0.1, 0.15) is 9.84 Å². The number of hydrogen-bond donors (Lipinski definition) is 1. The monoisotopic (exact) mass is 236 g/mol. The van der Waals surface area contributed by atoms with E-state index in [0.29, 0.717) is 19.3 Å². The molecule has 1 aliphatic heterocycles. The van der Waals surface area contributed by atoms with E-state index in [4.69, 9.17) is 4.74 Å². The van der Waals surface area contributed by atoms with Gasteiger partial charge in [-0.1, -0.05) is 0 Å². The molecule has 0 radical (unpaired) electrons. The average molecular weight is 236 g/mol. The lowest BCUT2D eigenvalue weighted by atomic mass is 10.1. The molecule has 0 bridgehead atoms. The van der Waals surface area contributed by atoms with E-state index in [0.717, 1.165) is 19.4 Å². The van der Waals surface area contributed by atoms with Crippen LogP contribution in [0.4, 0.5) is 0 Å². The molecule has 0 spiro atoms. The molecule has 4 nitrogen and oxygen atoms in total. The van der Waals surface area contributed by atoms with Crippen molar-refractivity contribution in [2.24, 2.45) is 0 Å². The third kappa shape index (κ3) is 6.12. The van der Waals surface area contributed by atoms with Crippen molar-refractivity contribution < 1.29 is 18.3 Å². The molecule has 1 saturated heterocycles. The van der Waals surface area contributed by atoms with Crippen molar-refractivity contribution in [3.63, 3.8) is 0 Å². The van der Waals surface area contributed by atoms with E-state index in [1.165, 1.54) is 6.26 Å².